The van der Waals surface area contributed by atoms with E-state index in [-0.39, 0.29) is 6.61 Å². The second-order valence-electron chi connectivity index (χ2n) is 8.28. The van der Waals surface area contributed by atoms with Crippen LogP contribution in [0.1, 0.15) is 31.9 Å². The van der Waals surface area contributed by atoms with E-state index in [9.17, 15) is 9.18 Å². The van der Waals surface area contributed by atoms with E-state index in [1.807, 2.05) is 63.3 Å². The third-order valence-electron chi connectivity index (χ3n) is 4.30. The lowest BCUT2D eigenvalue weighted by molar-refractivity contribution is 0.0319. The minimum atomic E-state index is -0.544. The minimum Gasteiger partial charge on any atom is -0.474 e. The summed E-state index contributed by atoms with van der Waals surface area (Å²) in [4.78, 5) is 18.0. The summed E-state index contributed by atoms with van der Waals surface area (Å²) in [6.45, 7) is 6.58. The van der Waals surface area contributed by atoms with Gasteiger partial charge in [-0.1, -0.05) is 24.3 Å². The average molecular weight is 539 g/mol. The molecule has 7 nitrogen and oxygen atoms in total. The first kappa shape index (κ1) is 27.8. The Morgan fingerprint density at radius 3 is 2.26 bits per heavy atom. The summed E-state index contributed by atoms with van der Waals surface area (Å²) < 4.78 is 34.0. The van der Waals surface area contributed by atoms with Crippen molar-refractivity contribution in [1.29, 1.82) is 0 Å². The zero-order valence-electron chi connectivity index (χ0n) is 20.1. The number of nitrogens with zero attached hydrogens (tertiary/aromatic N) is 2. The van der Waals surface area contributed by atoms with E-state index >= 15 is 0 Å². The number of hydrogen-bond donors (Lipinski definition) is 0. The van der Waals surface area contributed by atoms with E-state index in [1.165, 1.54) is 4.90 Å². The van der Waals surface area contributed by atoms with Crippen LogP contribution in [0.25, 0.3) is 12.2 Å². The van der Waals surface area contributed by atoms with Crippen molar-refractivity contribution in [3.63, 3.8) is 0 Å². The Balaban J connectivity index is 1.84. The van der Waals surface area contributed by atoms with Crippen LogP contribution in [0.4, 0.5) is 14.9 Å². The number of halogens is 2. The molecule has 0 saturated carbocycles. The molecule has 1 aromatic heterocycles. The van der Waals surface area contributed by atoms with Crippen LogP contribution in [0.5, 0.6) is 5.88 Å². The van der Waals surface area contributed by atoms with Gasteiger partial charge in [0.15, 0.2) is 0 Å². The number of hydrogen-bond acceptors (Lipinski definition) is 6. The summed E-state index contributed by atoms with van der Waals surface area (Å²) in [7, 11) is 1.68. The summed E-state index contributed by atoms with van der Waals surface area (Å²) >= 11 is 3.48. The molecule has 0 radical (unpaired) electrons. The molecule has 0 saturated heterocycles. The smallest absolute Gasteiger partial charge is 0.414 e. The van der Waals surface area contributed by atoms with Gasteiger partial charge in [-0.25, -0.2) is 14.2 Å². The number of aromatic nitrogens is 1. The summed E-state index contributed by atoms with van der Waals surface area (Å²) in [5.41, 5.74) is 2.08. The van der Waals surface area contributed by atoms with Gasteiger partial charge in [-0.15, -0.1) is 0 Å². The molecule has 1 aromatic carbocycles. The maximum absolute atomic E-state index is 12.2. The van der Waals surface area contributed by atoms with Crippen LogP contribution in [0.3, 0.4) is 0 Å². The van der Waals surface area contributed by atoms with E-state index in [0.29, 0.717) is 32.3 Å². The van der Waals surface area contributed by atoms with Crippen LogP contribution in [0, 0.1) is 0 Å². The normalized spacial score (nSPS) is 11.6. The van der Waals surface area contributed by atoms with Crippen molar-refractivity contribution in [2.24, 2.45) is 0 Å². The highest BCUT2D eigenvalue weighted by Gasteiger charge is 2.20. The van der Waals surface area contributed by atoms with Gasteiger partial charge in [0, 0.05) is 18.9 Å². The molecule has 0 fully saturated rings. The van der Waals surface area contributed by atoms with E-state index in [1.54, 1.807) is 13.2 Å². The van der Waals surface area contributed by atoms with Crippen molar-refractivity contribution in [2.75, 3.05) is 51.7 Å². The number of ether oxygens (including phenoxy) is 4. The van der Waals surface area contributed by atoms with E-state index in [0.717, 1.165) is 21.3 Å². The fourth-order valence-corrected chi connectivity index (χ4v) is 3.13. The average Bonchev–Trinajstić information content (AvgIpc) is 2.79. The molecule has 34 heavy (non-hydrogen) atoms. The summed E-state index contributed by atoms with van der Waals surface area (Å²) in [6.07, 6.45) is 5.21. The van der Waals surface area contributed by atoms with Crippen molar-refractivity contribution < 1.29 is 28.1 Å². The number of rotatable bonds is 12. The molecule has 0 aliphatic carbocycles. The van der Waals surface area contributed by atoms with Crippen LogP contribution in [0.2, 0.25) is 0 Å². The lowest BCUT2D eigenvalue weighted by atomic mass is 10.1. The highest BCUT2D eigenvalue weighted by atomic mass is 79.9. The van der Waals surface area contributed by atoms with Crippen LogP contribution in [0.15, 0.2) is 41.0 Å². The molecule has 9 heteroatoms. The fraction of sp³-hybridized carbons (Fsp3) is 0.440. The number of alkyl halides is 1. The number of amides is 1. The van der Waals surface area contributed by atoms with Gasteiger partial charge in [-0.05, 0) is 66.0 Å². The lowest BCUT2D eigenvalue weighted by Crippen LogP contribution is -2.34. The molecule has 0 unspecified atom stereocenters. The first-order chi connectivity index (χ1) is 16.2. The van der Waals surface area contributed by atoms with Gasteiger partial charge in [0.25, 0.3) is 0 Å². The molecule has 0 aliphatic rings. The molecule has 0 aliphatic heterocycles. The van der Waals surface area contributed by atoms with Gasteiger partial charge >= 0.3 is 6.09 Å². The molecule has 186 valence electrons. The van der Waals surface area contributed by atoms with Crippen molar-refractivity contribution in [3.8, 4) is 5.88 Å². The highest BCUT2D eigenvalue weighted by molar-refractivity contribution is 9.10. The van der Waals surface area contributed by atoms with E-state index in [2.05, 4.69) is 20.9 Å². The van der Waals surface area contributed by atoms with E-state index in [4.69, 9.17) is 18.9 Å². The topological polar surface area (TPSA) is 70.1 Å². The lowest BCUT2D eigenvalue weighted by Gasteiger charge is -2.24. The monoisotopic (exact) mass is 538 g/mol. The molecule has 2 rings (SSSR count). The molecular formula is C25H32BrFN2O5. The molecule has 2 aromatic rings. The molecular weight excluding hydrogens is 507 g/mol. The third kappa shape index (κ3) is 10.2. The van der Waals surface area contributed by atoms with Crippen LogP contribution >= 0.6 is 15.9 Å². The van der Waals surface area contributed by atoms with Gasteiger partial charge in [-0.3, -0.25) is 4.90 Å². The molecule has 0 atom stereocenters. The number of pyridine rings is 1. The summed E-state index contributed by atoms with van der Waals surface area (Å²) in [5.74, 6) is 0.476. The predicted octanol–water partition coefficient (Wildman–Crippen LogP) is 5.77. The van der Waals surface area contributed by atoms with Crippen molar-refractivity contribution >= 4 is 39.9 Å². The van der Waals surface area contributed by atoms with Crippen molar-refractivity contribution in [1.82, 2.24) is 4.98 Å². The summed E-state index contributed by atoms with van der Waals surface area (Å²) in [6, 6.07) is 9.49. The SMILES string of the molecule is CN(C(=O)OC(C)(C)C)c1ccc(/C=C/c2cnc(OCCOCCOCCF)c(Br)c2)cc1. The quantitative estimate of drug-likeness (QED) is 0.319. The van der Waals surface area contributed by atoms with Gasteiger partial charge in [0.1, 0.15) is 18.9 Å². The number of anilines is 1. The van der Waals surface area contributed by atoms with Gasteiger partial charge in [-0.2, -0.15) is 0 Å². The highest BCUT2D eigenvalue weighted by Crippen LogP contribution is 2.24. The summed E-state index contributed by atoms with van der Waals surface area (Å²) in [5, 5.41) is 0. The van der Waals surface area contributed by atoms with Gasteiger partial charge in [0.05, 0.1) is 30.9 Å². The molecule has 0 bridgehead atoms. The van der Waals surface area contributed by atoms with Crippen molar-refractivity contribution in [3.05, 3.63) is 52.1 Å². The number of carbonyl (C=O) groups excluding carboxylic acids is 1. The Morgan fingerprint density at radius 2 is 1.65 bits per heavy atom. The van der Waals surface area contributed by atoms with Crippen LogP contribution < -0.4 is 9.64 Å². The Morgan fingerprint density at radius 1 is 1.03 bits per heavy atom. The second-order valence-corrected chi connectivity index (χ2v) is 9.14. The molecule has 1 heterocycles. The Hall–Kier alpha value is -2.49. The molecule has 1 amide bonds. The first-order valence-corrected chi connectivity index (χ1v) is 11.7. The fourth-order valence-electron chi connectivity index (χ4n) is 2.65. The maximum Gasteiger partial charge on any atom is 0.414 e. The number of benzene rings is 1. The van der Waals surface area contributed by atoms with Gasteiger partial charge in [0.2, 0.25) is 5.88 Å². The van der Waals surface area contributed by atoms with Crippen LogP contribution in [-0.2, 0) is 14.2 Å². The Kier molecular flexibility index (Phi) is 11.5. The Labute approximate surface area is 209 Å². The zero-order chi connectivity index (χ0) is 25.0. The van der Waals surface area contributed by atoms with Crippen LogP contribution in [-0.4, -0.2) is 63.4 Å². The maximum atomic E-state index is 12.2. The first-order valence-electron chi connectivity index (χ1n) is 10.9. The standard InChI is InChI=1S/C25H32BrFN2O5/c1-25(2,3)34-24(30)29(4)21-9-7-19(8-10-21)5-6-20-17-22(26)23(28-18-20)33-16-15-32-14-13-31-12-11-27/h5-10,17-18H,11-16H2,1-4H3/b6-5+. The largest absolute Gasteiger partial charge is 0.474 e. The minimum absolute atomic E-state index is 0.0915. The molecule has 0 N–H and O–H groups in total. The second kappa shape index (κ2) is 14.0. The number of carbonyl (C=O) groups is 1. The Bertz CT molecular complexity index is 932. The molecule has 0 spiro atoms. The van der Waals surface area contributed by atoms with Gasteiger partial charge < -0.3 is 18.9 Å². The van der Waals surface area contributed by atoms with E-state index < -0.39 is 18.4 Å². The third-order valence-corrected chi connectivity index (χ3v) is 4.87. The zero-order valence-corrected chi connectivity index (χ0v) is 21.6. The van der Waals surface area contributed by atoms with Crippen molar-refractivity contribution in [2.45, 2.75) is 26.4 Å². The predicted molar refractivity (Wildman–Crippen MR) is 135 cm³/mol.